The third-order valence-electron chi connectivity index (χ3n) is 7.22. The van der Waals surface area contributed by atoms with Crippen molar-refractivity contribution in [2.24, 2.45) is 0 Å². The molecule has 0 saturated heterocycles. The fraction of sp³-hybridized carbons (Fsp3) is 0.290. The number of pyridine rings is 1. The Morgan fingerprint density at radius 2 is 1.73 bits per heavy atom. The minimum Gasteiger partial charge on any atom is -0.497 e. The fourth-order valence-corrected chi connectivity index (χ4v) is 5.24. The quantitative estimate of drug-likeness (QED) is 0.252. The number of aromatic nitrogens is 5. The van der Waals surface area contributed by atoms with Crippen molar-refractivity contribution in [2.45, 2.75) is 52.9 Å². The highest BCUT2D eigenvalue weighted by molar-refractivity contribution is 5.82. The van der Waals surface area contributed by atoms with Crippen LogP contribution in [-0.2, 0) is 19.6 Å². The molecule has 0 radical (unpaired) electrons. The van der Waals surface area contributed by atoms with Gasteiger partial charge in [-0.05, 0) is 89.2 Å². The predicted octanol–water partition coefficient (Wildman–Crippen LogP) is 5.48. The summed E-state index contributed by atoms with van der Waals surface area (Å²) in [5, 5.41) is 13.6. The van der Waals surface area contributed by atoms with E-state index in [9.17, 15) is 9.18 Å². The summed E-state index contributed by atoms with van der Waals surface area (Å²) in [5.41, 5.74) is 5.56. The van der Waals surface area contributed by atoms with Gasteiger partial charge in [0.2, 0.25) is 0 Å². The van der Waals surface area contributed by atoms with Crippen LogP contribution in [0, 0.1) is 19.7 Å². The van der Waals surface area contributed by atoms with Crippen molar-refractivity contribution in [1.82, 2.24) is 30.1 Å². The second kappa shape index (κ2) is 11.8. The third kappa shape index (κ3) is 5.94. The van der Waals surface area contributed by atoms with Crippen LogP contribution in [0.15, 0.2) is 71.5 Å². The van der Waals surface area contributed by atoms with E-state index in [0.29, 0.717) is 37.4 Å². The molecule has 9 heteroatoms. The molecule has 0 bridgehead atoms. The maximum atomic E-state index is 13.5. The monoisotopic (exact) mass is 540 g/mol. The molecule has 0 aliphatic carbocycles. The molecule has 1 N–H and O–H groups in total. The lowest BCUT2D eigenvalue weighted by molar-refractivity contribution is 0.161. The van der Waals surface area contributed by atoms with E-state index in [1.54, 1.807) is 23.9 Å². The maximum absolute atomic E-state index is 13.5. The van der Waals surface area contributed by atoms with Crippen LogP contribution >= 0.6 is 0 Å². The summed E-state index contributed by atoms with van der Waals surface area (Å²) >= 11 is 0. The molecular weight excluding hydrogens is 507 g/mol. The van der Waals surface area contributed by atoms with Gasteiger partial charge >= 0.3 is 0 Å². The lowest BCUT2D eigenvalue weighted by Gasteiger charge is -2.30. The number of rotatable bonds is 10. The molecular formula is C31H33FN6O2. The molecule has 0 spiro atoms. The van der Waals surface area contributed by atoms with Gasteiger partial charge in [0, 0.05) is 18.7 Å². The highest BCUT2D eigenvalue weighted by Gasteiger charge is 2.26. The first-order valence-electron chi connectivity index (χ1n) is 13.3. The number of H-pyrrole nitrogens is 1. The molecule has 206 valence electrons. The number of nitrogens with zero attached hydrogens (tertiary/aromatic N) is 5. The number of hydrogen-bond donors (Lipinski definition) is 1. The highest BCUT2D eigenvalue weighted by atomic mass is 19.1. The topological polar surface area (TPSA) is 88.9 Å². The number of fused-ring (bicyclic) bond motifs is 1. The number of methoxy groups -OCH3 is 1. The van der Waals surface area contributed by atoms with E-state index in [-0.39, 0.29) is 17.4 Å². The second-order valence-corrected chi connectivity index (χ2v) is 10.2. The average molecular weight is 541 g/mol. The number of hydrogen-bond acceptors (Lipinski definition) is 6. The number of tetrazole rings is 1. The van der Waals surface area contributed by atoms with Gasteiger partial charge in [0.15, 0.2) is 5.82 Å². The van der Waals surface area contributed by atoms with Gasteiger partial charge in [-0.1, -0.05) is 42.8 Å². The van der Waals surface area contributed by atoms with E-state index in [1.165, 1.54) is 12.1 Å². The van der Waals surface area contributed by atoms with Crippen LogP contribution in [0.5, 0.6) is 5.75 Å². The van der Waals surface area contributed by atoms with Gasteiger partial charge in [0.1, 0.15) is 11.6 Å². The summed E-state index contributed by atoms with van der Waals surface area (Å²) in [5.74, 6) is 1.18. The van der Waals surface area contributed by atoms with Crippen molar-refractivity contribution in [3.63, 3.8) is 0 Å². The SMILES string of the molecule is CCC(c1nnnn1Cc1ccc(F)cc1)N(Cc1ccc(OC)cc1)Cc1cc2cc(C)cc(C)c2[nH]c1=O. The third-order valence-corrected chi connectivity index (χ3v) is 7.22. The number of aromatic amines is 1. The highest BCUT2D eigenvalue weighted by Crippen LogP contribution is 2.28. The molecule has 0 amide bonds. The largest absolute Gasteiger partial charge is 0.497 e. The number of halogens is 1. The van der Waals surface area contributed by atoms with Crippen molar-refractivity contribution in [3.05, 3.63) is 117 Å². The Morgan fingerprint density at radius 3 is 2.42 bits per heavy atom. The van der Waals surface area contributed by atoms with Gasteiger partial charge in [0.25, 0.3) is 5.56 Å². The minimum atomic E-state index is -0.288. The smallest absolute Gasteiger partial charge is 0.252 e. The van der Waals surface area contributed by atoms with Gasteiger partial charge in [-0.25, -0.2) is 9.07 Å². The Kier molecular flexibility index (Phi) is 8.02. The van der Waals surface area contributed by atoms with Crippen molar-refractivity contribution >= 4 is 10.9 Å². The van der Waals surface area contributed by atoms with Gasteiger partial charge in [-0.3, -0.25) is 9.69 Å². The Morgan fingerprint density at radius 1 is 1.00 bits per heavy atom. The number of nitrogens with one attached hydrogen (secondary N) is 1. The molecule has 0 saturated carbocycles. The predicted molar refractivity (Wildman–Crippen MR) is 153 cm³/mol. The van der Waals surface area contributed by atoms with E-state index in [2.05, 4.69) is 51.4 Å². The first-order valence-corrected chi connectivity index (χ1v) is 13.3. The summed E-state index contributed by atoms with van der Waals surface area (Å²) in [6.45, 7) is 7.52. The van der Waals surface area contributed by atoms with Crippen molar-refractivity contribution in [2.75, 3.05) is 7.11 Å². The number of ether oxygens (including phenoxy) is 1. The Hall–Kier alpha value is -4.37. The first-order chi connectivity index (χ1) is 19.3. The van der Waals surface area contributed by atoms with Crippen LogP contribution in [0.2, 0.25) is 0 Å². The van der Waals surface area contributed by atoms with Crippen LogP contribution < -0.4 is 10.3 Å². The zero-order valence-electron chi connectivity index (χ0n) is 23.2. The van der Waals surface area contributed by atoms with E-state index < -0.39 is 0 Å². The Bertz CT molecular complexity index is 1660. The van der Waals surface area contributed by atoms with Crippen molar-refractivity contribution < 1.29 is 9.13 Å². The summed E-state index contributed by atoms with van der Waals surface area (Å²) < 4.78 is 20.6. The maximum Gasteiger partial charge on any atom is 0.252 e. The molecule has 1 atom stereocenters. The van der Waals surface area contributed by atoms with Gasteiger partial charge in [0.05, 0.1) is 25.2 Å². The van der Waals surface area contributed by atoms with Crippen molar-refractivity contribution in [1.29, 1.82) is 0 Å². The summed E-state index contributed by atoms with van der Waals surface area (Å²) in [6.07, 6.45) is 0.712. The van der Waals surface area contributed by atoms with Crippen LogP contribution in [0.3, 0.4) is 0 Å². The minimum absolute atomic E-state index is 0.111. The van der Waals surface area contributed by atoms with Gasteiger partial charge in [-0.15, -0.1) is 5.10 Å². The van der Waals surface area contributed by atoms with Crippen molar-refractivity contribution in [3.8, 4) is 5.75 Å². The van der Waals surface area contributed by atoms with E-state index in [0.717, 1.165) is 38.9 Å². The molecule has 0 aliphatic rings. The van der Waals surface area contributed by atoms with E-state index in [4.69, 9.17) is 4.74 Å². The van der Waals surface area contributed by atoms with E-state index >= 15 is 0 Å². The Balaban J connectivity index is 1.53. The van der Waals surface area contributed by atoms with Gasteiger partial charge < -0.3 is 9.72 Å². The molecule has 3 aromatic carbocycles. The summed E-state index contributed by atoms with van der Waals surface area (Å²) in [7, 11) is 1.64. The first kappa shape index (κ1) is 27.2. The lowest BCUT2D eigenvalue weighted by Crippen LogP contribution is -2.32. The van der Waals surface area contributed by atoms with E-state index in [1.807, 2.05) is 37.3 Å². The summed E-state index contributed by atoms with van der Waals surface area (Å²) in [6, 6.07) is 20.2. The molecule has 1 unspecified atom stereocenters. The molecule has 0 aliphatic heterocycles. The van der Waals surface area contributed by atoms with Gasteiger partial charge in [-0.2, -0.15) is 0 Å². The lowest BCUT2D eigenvalue weighted by atomic mass is 10.0. The number of aryl methyl sites for hydroxylation is 2. The molecule has 0 fully saturated rings. The fourth-order valence-electron chi connectivity index (χ4n) is 5.24. The zero-order chi connectivity index (χ0) is 28.2. The zero-order valence-corrected chi connectivity index (χ0v) is 23.2. The average Bonchev–Trinajstić information content (AvgIpc) is 3.39. The van der Waals surface area contributed by atoms with Crippen LogP contribution in [-0.4, -0.2) is 37.2 Å². The molecule has 2 aromatic heterocycles. The molecule has 2 heterocycles. The standard InChI is InChI=1S/C31H33FN6O2/c1-5-28(30-34-35-36-38(30)18-23-6-10-26(32)11-7-23)37(17-22-8-12-27(40-4)13-9-22)19-25-16-24-15-20(2)14-21(3)29(24)33-31(25)39/h6-16,28H,5,17-19H2,1-4H3,(H,33,39). The van der Waals surface area contributed by atoms with Crippen LogP contribution in [0.1, 0.15) is 53.0 Å². The number of benzene rings is 3. The van der Waals surface area contributed by atoms with Crippen LogP contribution in [0.4, 0.5) is 4.39 Å². The second-order valence-electron chi connectivity index (χ2n) is 10.2. The summed E-state index contributed by atoms with van der Waals surface area (Å²) in [4.78, 5) is 18.6. The molecule has 40 heavy (non-hydrogen) atoms. The molecule has 5 aromatic rings. The molecule has 8 nitrogen and oxygen atoms in total. The normalized spacial score (nSPS) is 12.2. The Labute approximate surface area is 232 Å². The molecule has 5 rings (SSSR count). The van der Waals surface area contributed by atoms with Crippen LogP contribution in [0.25, 0.3) is 10.9 Å².